The maximum atomic E-state index is 6.07. The lowest BCUT2D eigenvalue weighted by Gasteiger charge is -2.24. The first-order chi connectivity index (χ1) is 8.84. The average Bonchev–Trinajstić information content (AvgIpc) is 2.44. The number of aromatic nitrogens is 1. The number of rotatable bonds is 2. The summed E-state index contributed by atoms with van der Waals surface area (Å²) >= 11 is 0. The molecule has 1 N–H and O–H groups in total. The molecule has 0 spiro atoms. The highest BCUT2D eigenvalue weighted by molar-refractivity contribution is 5.89. The van der Waals surface area contributed by atoms with Crippen molar-refractivity contribution >= 4 is 10.8 Å². The number of pyridine rings is 1. The Morgan fingerprint density at radius 2 is 1.89 bits per heavy atom. The Labute approximate surface area is 107 Å². The topological polar surface area (TPSA) is 34.1 Å². The van der Waals surface area contributed by atoms with Crippen molar-refractivity contribution in [2.75, 3.05) is 13.1 Å². The van der Waals surface area contributed by atoms with Gasteiger partial charge in [-0.05, 0) is 49.9 Å². The van der Waals surface area contributed by atoms with Crippen LogP contribution in [0.4, 0.5) is 0 Å². The molecule has 18 heavy (non-hydrogen) atoms. The van der Waals surface area contributed by atoms with E-state index in [0.29, 0.717) is 6.10 Å². The first-order valence-corrected chi connectivity index (χ1v) is 6.56. The van der Waals surface area contributed by atoms with E-state index in [-0.39, 0.29) is 0 Å². The Kier molecular flexibility index (Phi) is 3.15. The van der Waals surface area contributed by atoms with Crippen LogP contribution < -0.4 is 10.1 Å². The maximum Gasteiger partial charge on any atom is 0.221 e. The van der Waals surface area contributed by atoms with E-state index in [1.807, 2.05) is 12.3 Å². The third-order valence-corrected chi connectivity index (χ3v) is 3.52. The lowest BCUT2D eigenvalue weighted by Crippen LogP contribution is -2.34. The minimum Gasteiger partial charge on any atom is -0.474 e. The number of piperidine rings is 1. The fourth-order valence-corrected chi connectivity index (χ4v) is 2.47. The van der Waals surface area contributed by atoms with Gasteiger partial charge >= 0.3 is 0 Å². The predicted octanol–water partition coefficient (Wildman–Crippen LogP) is 2.67. The second kappa shape index (κ2) is 4.94. The Bertz CT molecular complexity index is 547. The number of hydrogen-bond acceptors (Lipinski definition) is 3. The van der Waals surface area contributed by atoms with Crippen LogP contribution in [0.25, 0.3) is 10.8 Å². The fourth-order valence-electron chi connectivity index (χ4n) is 2.47. The molecule has 3 heteroatoms. The molecule has 0 unspecified atom stereocenters. The van der Waals surface area contributed by atoms with Crippen LogP contribution in [0.1, 0.15) is 18.4 Å². The molecule has 1 aromatic carbocycles. The van der Waals surface area contributed by atoms with Gasteiger partial charge in [0.25, 0.3) is 0 Å². The summed E-state index contributed by atoms with van der Waals surface area (Å²) in [5.41, 5.74) is 1.20. The van der Waals surface area contributed by atoms with Crippen LogP contribution in [0.15, 0.2) is 30.5 Å². The third-order valence-electron chi connectivity index (χ3n) is 3.52. The number of benzene rings is 1. The molecule has 0 radical (unpaired) electrons. The van der Waals surface area contributed by atoms with E-state index in [4.69, 9.17) is 4.74 Å². The van der Waals surface area contributed by atoms with Crippen molar-refractivity contribution in [3.63, 3.8) is 0 Å². The molecule has 0 atom stereocenters. The molecule has 0 amide bonds. The van der Waals surface area contributed by atoms with Crippen LogP contribution >= 0.6 is 0 Å². The smallest absolute Gasteiger partial charge is 0.221 e. The number of fused-ring (bicyclic) bond motifs is 1. The zero-order chi connectivity index (χ0) is 12.4. The first-order valence-electron chi connectivity index (χ1n) is 6.56. The largest absolute Gasteiger partial charge is 0.474 e. The van der Waals surface area contributed by atoms with Gasteiger partial charge < -0.3 is 10.1 Å². The van der Waals surface area contributed by atoms with Gasteiger partial charge in [-0.25, -0.2) is 4.98 Å². The lowest BCUT2D eigenvalue weighted by molar-refractivity contribution is 0.158. The Morgan fingerprint density at radius 1 is 1.17 bits per heavy atom. The van der Waals surface area contributed by atoms with Crippen LogP contribution in [-0.4, -0.2) is 24.2 Å². The van der Waals surface area contributed by atoms with Crippen molar-refractivity contribution in [3.8, 4) is 5.88 Å². The molecular formula is C15H18N2O. The van der Waals surface area contributed by atoms with Gasteiger partial charge in [0, 0.05) is 11.6 Å². The zero-order valence-corrected chi connectivity index (χ0v) is 10.6. The summed E-state index contributed by atoms with van der Waals surface area (Å²) in [4.78, 5) is 4.46. The quantitative estimate of drug-likeness (QED) is 0.879. The van der Waals surface area contributed by atoms with Gasteiger partial charge in [-0.2, -0.15) is 0 Å². The molecule has 0 saturated carbocycles. The van der Waals surface area contributed by atoms with Crippen molar-refractivity contribution in [1.29, 1.82) is 0 Å². The molecular weight excluding hydrogens is 224 g/mol. The molecule has 1 fully saturated rings. The summed E-state index contributed by atoms with van der Waals surface area (Å²) in [6, 6.07) is 8.32. The van der Waals surface area contributed by atoms with Crippen molar-refractivity contribution < 1.29 is 4.74 Å². The molecule has 2 heterocycles. The first kappa shape index (κ1) is 11.5. The highest BCUT2D eigenvalue weighted by atomic mass is 16.5. The van der Waals surface area contributed by atoms with E-state index in [1.54, 1.807) is 0 Å². The van der Waals surface area contributed by atoms with Crippen molar-refractivity contribution in [2.24, 2.45) is 0 Å². The molecule has 1 aromatic heterocycles. The van der Waals surface area contributed by atoms with Crippen molar-refractivity contribution in [3.05, 3.63) is 36.0 Å². The number of nitrogens with zero attached hydrogens (tertiary/aromatic N) is 1. The highest BCUT2D eigenvalue weighted by Gasteiger charge is 2.16. The summed E-state index contributed by atoms with van der Waals surface area (Å²) in [5.74, 6) is 0.781. The van der Waals surface area contributed by atoms with Gasteiger partial charge in [0.15, 0.2) is 0 Å². The highest BCUT2D eigenvalue weighted by Crippen LogP contribution is 2.27. The molecule has 1 aliphatic heterocycles. The second-order valence-corrected chi connectivity index (χ2v) is 4.86. The number of nitrogens with one attached hydrogen (secondary N) is 1. The molecule has 0 aliphatic carbocycles. The number of ether oxygens (including phenoxy) is 1. The molecule has 94 valence electrons. The zero-order valence-electron chi connectivity index (χ0n) is 10.6. The van der Waals surface area contributed by atoms with E-state index >= 15 is 0 Å². The monoisotopic (exact) mass is 242 g/mol. The van der Waals surface area contributed by atoms with Gasteiger partial charge in [0.1, 0.15) is 6.10 Å². The van der Waals surface area contributed by atoms with Crippen molar-refractivity contribution in [2.45, 2.75) is 25.9 Å². The van der Waals surface area contributed by atoms with Gasteiger partial charge in [-0.1, -0.05) is 18.2 Å². The lowest BCUT2D eigenvalue weighted by atomic mass is 10.1. The van der Waals surface area contributed by atoms with E-state index in [9.17, 15) is 0 Å². The van der Waals surface area contributed by atoms with E-state index < -0.39 is 0 Å². The normalized spacial score (nSPS) is 16.9. The van der Waals surface area contributed by atoms with E-state index in [0.717, 1.165) is 37.2 Å². The van der Waals surface area contributed by atoms with Gasteiger partial charge in [0.05, 0.1) is 0 Å². The van der Waals surface area contributed by atoms with Crippen LogP contribution in [0.5, 0.6) is 5.88 Å². The minimum absolute atomic E-state index is 0.296. The van der Waals surface area contributed by atoms with Crippen LogP contribution in [0, 0.1) is 6.92 Å². The van der Waals surface area contributed by atoms with Crippen LogP contribution in [0.3, 0.4) is 0 Å². The number of hydrogen-bond donors (Lipinski definition) is 1. The van der Waals surface area contributed by atoms with E-state index in [2.05, 4.69) is 35.4 Å². The summed E-state index contributed by atoms with van der Waals surface area (Å²) in [5, 5.41) is 5.70. The second-order valence-electron chi connectivity index (χ2n) is 4.86. The summed E-state index contributed by atoms with van der Waals surface area (Å²) < 4.78 is 6.07. The molecule has 1 aliphatic rings. The van der Waals surface area contributed by atoms with Gasteiger partial charge in [-0.3, -0.25) is 0 Å². The molecule has 3 nitrogen and oxygen atoms in total. The SMILES string of the molecule is Cc1cnc(OC2CCNCC2)c2ccccc12. The maximum absolute atomic E-state index is 6.07. The molecule has 2 aromatic rings. The Hall–Kier alpha value is -1.61. The molecule has 3 rings (SSSR count). The van der Waals surface area contributed by atoms with Crippen LogP contribution in [0.2, 0.25) is 0 Å². The van der Waals surface area contributed by atoms with Gasteiger partial charge in [0.2, 0.25) is 5.88 Å². The predicted molar refractivity (Wildman–Crippen MR) is 73.0 cm³/mol. The summed E-state index contributed by atoms with van der Waals surface area (Å²) in [6.45, 7) is 4.16. The Balaban J connectivity index is 1.94. The number of aryl methyl sites for hydroxylation is 1. The van der Waals surface area contributed by atoms with Crippen LogP contribution in [-0.2, 0) is 0 Å². The van der Waals surface area contributed by atoms with E-state index in [1.165, 1.54) is 10.9 Å². The molecule has 0 bridgehead atoms. The summed E-state index contributed by atoms with van der Waals surface area (Å²) in [6.07, 6.45) is 4.32. The molecule has 1 saturated heterocycles. The Morgan fingerprint density at radius 3 is 2.67 bits per heavy atom. The minimum atomic E-state index is 0.296. The fraction of sp³-hybridized carbons (Fsp3) is 0.400. The standard InChI is InChI=1S/C15H18N2O/c1-11-10-17-15(14-5-3-2-4-13(11)14)18-12-6-8-16-9-7-12/h2-5,10,12,16H,6-9H2,1H3. The average molecular weight is 242 g/mol. The summed E-state index contributed by atoms with van der Waals surface area (Å²) in [7, 11) is 0. The van der Waals surface area contributed by atoms with Gasteiger partial charge in [-0.15, -0.1) is 0 Å². The third kappa shape index (κ3) is 2.18. The van der Waals surface area contributed by atoms with Crippen molar-refractivity contribution in [1.82, 2.24) is 10.3 Å².